The molecule has 0 aliphatic heterocycles. The van der Waals surface area contributed by atoms with Crippen molar-refractivity contribution in [3.05, 3.63) is 0 Å². The van der Waals surface area contributed by atoms with Crippen LogP contribution in [-0.2, 0) is 4.74 Å². The van der Waals surface area contributed by atoms with Gasteiger partial charge in [-0.05, 0) is 25.7 Å². The van der Waals surface area contributed by atoms with E-state index in [2.05, 4.69) is 0 Å². The van der Waals surface area contributed by atoms with Crippen LogP contribution in [0, 0.1) is 5.92 Å². The van der Waals surface area contributed by atoms with Crippen molar-refractivity contribution in [1.82, 2.24) is 0 Å². The minimum Gasteiger partial charge on any atom is -0.393 e. The molecule has 1 aliphatic carbocycles. The molecule has 0 aromatic heterocycles. The topological polar surface area (TPSA) is 29.5 Å². The van der Waals surface area contributed by atoms with Gasteiger partial charge in [-0.25, -0.2) is 0 Å². The second-order valence-corrected chi connectivity index (χ2v) is 3.97. The predicted molar refractivity (Wildman–Crippen MR) is 49.1 cm³/mol. The normalized spacial score (nSPS) is 23.2. The van der Waals surface area contributed by atoms with E-state index in [-0.39, 0.29) is 12.2 Å². The molecule has 2 heteroatoms. The average Bonchev–Trinajstić information content (AvgIpc) is 1.97. The lowest BCUT2D eigenvalue weighted by Gasteiger charge is -2.28. The number of ether oxygens (including phenoxy) is 1. The van der Waals surface area contributed by atoms with Crippen LogP contribution < -0.4 is 0 Å². The van der Waals surface area contributed by atoms with Crippen LogP contribution in [-0.4, -0.2) is 24.4 Å². The summed E-state index contributed by atoms with van der Waals surface area (Å²) in [4.78, 5) is 0. The van der Waals surface area contributed by atoms with Gasteiger partial charge in [0, 0.05) is 7.11 Å². The van der Waals surface area contributed by atoms with Gasteiger partial charge in [0.1, 0.15) is 0 Å². The fourth-order valence-corrected chi connectivity index (χ4v) is 1.69. The third-order valence-corrected chi connectivity index (χ3v) is 2.84. The van der Waals surface area contributed by atoms with Crippen LogP contribution in [0.4, 0.5) is 0 Å². The van der Waals surface area contributed by atoms with E-state index in [9.17, 15) is 5.11 Å². The van der Waals surface area contributed by atoms with Crippen LogP contribution in [0.3, 0.4) is 0 Å². The van der Waals surface area contributed by atoms with E-state index in [0.717, 1.165) is 18.8 Å². The van der Waals surface area contributed by atoms with Crippen LogP contribution in [0.25, 0.3) is 0 Å². The summed E-state index contributed by atoms with van der Waals surface area (Å²) < 4.78 is 5.09. The third kappa shape index (κ3) is 3.11. The molecule has 0 saturated heterocycles. The van der Waals surface area contributed by atoms with Crippen molar-refractivity contribution in [1.29, 1.82) is 0 Å². The average molecular weight is 172 g/mol. The molecule has 2 unspecified atom stereocenters. The molecular formula is C10H20O2. The molecule has 0 aromatic rings. The van der Waals surface area contributed by atoms with E-state index in [1.165, 1.54) is 19.3 Å². The molecule has 1 rings (SSSR count). The van der Waals surface area contributed by atoms with Gasteiger partial charge in [-0.1, -0.05) is 19.3 Å². The summed E-state index contributed by atoms with van der Waals surface area (Å²) in [5.74, 6) is 0.795. The molecule has 1 fully saturated rings. The smallest absolute Gasteiger partial charge is 0.0567 e. The van der Waals surface area contributed by atoms with E-state index < -0.39 is 0 Å². The highest BCUT2D eigenvalue weighted by Gasteiger charge is 2.21. The molecule has 0 radical (unpaired) electrons. The van der Waals surface area contributed by atoms with Crippen LogP contribution in [0.5, 0.6) is 0 Å². The van der Waals surface area contributed by atoms with E-state index in [1.54, 1.807) is 7.11 Å². The van der Waals surface area contributed by atoms with Gasteiger partial charge in [0.05, 0.1) is 12.2 Å². The fourth-order valence-electron chi connectivity index (χ4n) is 1.69. The summed E-state index contributed by atoms with van der Waals surface area (Å²) in [7, 11) is 1.70. The Morgan fingerprint density at radius 1 is 1.50 bits per heavy atom. The maximum absolute atomic E-state index is 9.61. The summed E-state index contributed by atoms with van der Waals surface area (Å²) in [5, 5.41) is 9.61. The molecule has 12 heavy (non-hydrogen) atoms. The van der Waals surface area contributed by atoms with Gasteiger partial charge in [0.25, 0.3) is 0 Å². The Morgan fingerprint density at radius 2 is 2.17 bits per heavy atom. The zero-order valence-electron chi connectivity index (χ0n) is 8.12. The molecule has 2 nitrogen and oxygen atoms in total. The quantitative estimate of drug-likeness (QED) is 0.687. The fraction of sp³-hybridized carbons (Fsp3) is 1.00. The van der Waals surface area contributed by atoms with Gasteiger partial charge in [-0.15, -0.1) is 0 Å². The van der Waals surface area contributed by atoms with Crippen LogP contribution in [0.2, 0.25) is 0 Å². The Kier molecular flexibility index (Phi) is 4.02. The number of hydrogen-bond donors (Lipinski definition) is 1. The number of methoxy groups -OCH3 is 1. The first-order chi connectivity index (χ1) is 5.72. The largest absolute Gasteiger partial charge is 0.393 e. The zero-order chi connectivity index (χ0) is 8.97. The first-order valence-electron chi connectivity index (χ1n) is 4.93. The Bertz CT molecular complexity index is 114. The lowest BCUT2D eigenvalue weighted by Crippen LogP contribution is -2.23. The highest BCUT2D eigenvalue weighted by atomic mass is 16.5. The lowest BCUT2D eigenvalue weighted by molar-refractivity contribution is 0.0386. The first-order valence-corrected chi connectivity index (χ1v) is 4.93. The molecular weight excluding hydrogens is 152 g/mol. The van der Waals surface area contributed by atoms with Crippen LogP contribution >= 0.6 is 0 Å². The van der Waals surface area contributed by atoms with E-state index >= 15 is 0 Å². The molecule has 0 aromatic carbocycles. The monoisotopic (exact) mass is 172 g/mol. The van der Waals surface area contributed by atoms with E-state index in [1.807, 2.05) is 6.92 Å². The second-order valence-electron chi connectivity index (χ2n) is 3.97. The minimum absolute atomic E-state index is 0.148. The Balaban J connectivity index is 2.05. The summed E-state index contributed by atoms with van der Waals surface area (Å²) in [6, 6.07) is 0. The van der Waals surface area contributed by atoms with Crippen molar-refractivity contribution < 1.29 is 9.84 Å². The third-order valence-electron chi connectivity index (χ3n) is 2.84. The van der Waals surface area contributed by atoms with Crippen molar-refractivity contribution >= 4 is 0 Å². The summed E-state index contributed by atoms with van der Waals surface area (Å²) in [5.41, 5.74) is 0. The van der Waals surface area contributed by atoms with Gasteiger partial charge >= 0.3 is 0 Å². The zero-order valence-corrected chi connectivity index (χ0v) is 8.12. The van der Waals surface area contributed by atoms with Gasteiger partial charge < -0.3 is 9.84 Å². The number of rotatable bonds is 5. The molecule has 2 atom stereocenters. The van der Waals surface area contributed by atoms with Crippen LogP contribution in [0.15, 0.2) is 0 Å². The maximum atomic E-state index is 9.61. The molecule has 0 heterocycles. The molecule has 0 bridgehead atoms. The van der Waals surface area contributed by atoms with E-state index in [0.29, 0.717) is 0 Å². The molecule has 1 aliphatic rings. The highest BCUT2D eigenvalue weighted by molar-refractivity contribution is 4.74. The maximum Gasteiger partial charge on any atom is 0.0567 e. The second kappa shape index (κ2) is 4.83. The highest BCUT2D eigenvalue weighted by Crippen LogP contribution is 2.31. The summed E-state index contributed by atoms with van der Waals surface area (Å²) >= 11 is 0. The molecule has 1 N–H and O–H groups in total. The van der Waals surface area contributed by atoms with Crippen molar-refractivity contribution in [2.45, 2.75) is 51.2 Å². The molecule has 1 saturated carbocycles. The van der Waals surface area contributed by atoms with Gasteiger partial charge in [-0.2, -0.15) is 0 Å². The SMILES string of the molecule is COC(C)CC(O)CC1CCC1. The standard InChI is InChI=1S/C10H20O2/c1-8(12-2)6-10(11)7-9-4-3-5-9/h8-11H,3-7H2,1-2H3. The van der Waals surface area contributed by atoms with Gasteiger partial charge in [0.15, 0.2) is 0 Å². The predicted octanol–water partition coefficient (Wildman–Crippen LogP) is 1.96. The van der Waals surface area contributed by atoms with E-state index in [4.69, 9.17) is 4.74 Å². The Morgan fingerprint density at radius 3 is 2.58 bits per heavy atom. The number of hydrogen-bond acceptors (Lipinski definition) is 2. The number of aliphatic hydroxyl groups is 1. The van der Waals surface area contributed by atoms with Crippen LogP contribution in [0.1, 0.15) is 39.0 Å². The lowest BCUT2D eigenvalue weighted by atomic mass is 9.81. The molecule has 0 amide bonds. The van der Waals surface area contributed by atoms with Crippen molar-refractivity contribution in [2.75, 3.05) is 7.11 Å². The van der Waals surface area contributed by atoms with Gasteiger partial charge in [0.2, 0.25) is 0 Å². The number of aliphatic hydroxyl groups excluding tert-OH is 1. The first kappa shape index (κ1) is 10.0. The summed E-state index contributed by atoms with van der Waals surface area (Å²) in [6.07, 6.45) is 5.81. The Hall–Kier alpha value is -0.0800. The Labute approximate surface area is 74.9 Å². The van der Waals surface area contributed by atoms with Crippen molar-refractivity contribution in [2.24, 2.45) is 5.92 Å². The van der Waals surface area contributed by atoms with Gasteiger partial charge in [-0.3, -0.25) is 0 Å². The minimum atomic E-state index is -0.148. The molecule has 72 valence electrons. The van der Waals surface area contributed by atoms with Crippen molar-refractivity contribution in [3.63, 3.8) is 0 Å². The molecule has 0 spiro atoms. The van der Waals surface area contributed by atoms with Crippen molar-refractivity contribution in [3.8, 4) is 0 Å². The summed E-state index contributed by atoms with van der Waals surface area (Å²) in [6.45, 7) is 2.00.